The molecule has 0 spiro atoms. The van der Waals surface area contributed by atoms with Crippen molar-refractivity contribution in [1.29, 1.82) is 0 Å². The number of ether oxygens (including phenoxy) is 1. The van der Waals surface area contributed by atoms with E-state index in [1.807, 2.05) is 12.1 Å². The van der Waals surface area contributed by atoms with Crippen molar-refractivity contribution >= 4 is 11.6 Å². The molecular weight excluding hydrogens is 250 g/mol. The maximum Gasteiger partial charge on any atom is 0.213 e. The van der Waals surface area contributed by atoms with Crippen molar-refractivity contribution in [2.75, 3.05) is 7.11 Å². The summed E-state index contributed by atoms with van der Waals surface area (Å²) < 4.78 is 5.08. The number of aryl methyl sites for hydroxylation is 1. The van der Waals surface area contributed by atoms with Gasteiger partial charge in [-0.15, -0.1) is 0 Å². The van der Waals surface area contributed by atoms with E-state index in [0.717, 1.165) is 18.5 Å². The Kier molecular flexibility index (Phi) is 4.10. The van der Waals surface area contributed by atoms with Gasteiger partial charge in [-0.25, -0.2) is 15.0 Å². The molecule has 0 fully saturated rings. The lowest BCUT2D eigenvalue weighted by Gasteiger charge is -2.05. The van der Waals surface area contributed by atoms with Crippen LogP contribution >= 0.6 is 11.6 Å². The number of methoxy groups -OCH3 is 1. The van der Waals surface area contributed by atoms with Crippen LogP contribution in [0.2, 0.25) is 5.15 Å². The molecule has 4 nitrogen and oxygen atoms in total. The van der Waals surface area contributed by atoms with Crippen molar-refractivity contribution in [3.63, 3.8) is 0 Å². The van der Waals surface area contributed by atoms with E-state index >= 15 is 0 Å². The first-order valence-corrected chi connectivity index (χ1v) is 6.15. The SMILES string of the molecule is CCCc1cc(Cl)nc(-c2cccc(OC)n2)n1. The van der Waals surface area contributed by atoms with Crippen molar-refractivity contribution < 1.29 is 4.74 Å². The second-order valence-corrected chi connectivity index (χ2v) is 4.21. The molecule has 0 aliphatic rings. The van der Waals surface area contributed by atoms with Crippen LogP contribution in [0, 0.1) is 0 Å². The predicted molar refractivity (Wildman–Crippen MR) is 70.8 cm³/mol. The van der Waals surface area contributed by atoms with E-state index in [0.29, 0.717) is 22.6 Å². The average Bonchev–Trinajstić information content (AvgIpc) is 2.38. The highest BCUT2D eigenvalue weighted by molar-refractivity contribution is 6.29. The molecule has 2 aromatic rings. The molecule has 0 N–H and O–H groups in total. The summed E-state index contributed by atoms with van der Waals surface area (Å²) in [5, 5.41) is 0.438. The molecule has 0 amide bonds. The Morgan fingerprint density at radius 2 is 2.06 bits per heavy atom. The van der Waals surface area contributed by atoms with Crippen LogP contribution in [0.4, 0.5) is 0 Å². The van der Waals surface area contributed by atoms with Crippen LogP contribution in [0.15, 0.2) is 24.3 Å². The van der Waals surface area contributed by atoms with E-state index in [1.54, 1.807) is 19.2 Å². The molecule has 2 heterocycles. The maximum atomic E-state index is 6.00. The average molecular weight is 264 g/mol. The fourth-order valence-electron chi connectivity index (χ4n) is 1.62. The first-order chi connectivity index (χ1) is 8.72. The summed E-state index contributed by atoms with van der Waals surface area (Å²) in [4.78, 5) is 13.0. The van der Waals surface area contributed by atoms with E-state index in [4.69, 9.17) is 16.3 Å². The van der Waals surface area contributed by atoms with Gasteiger partial charge in [0.25, 0.3) is 0 Å². The number of nitrogens with zero attached hydrogens (tertiary/aromatic N) is 3. The zero-order valence-corrected chi connectivity index (χ0v) is 11.1. The smallest absolute Gasteiger partial charge is 0.213 e. The largest absolute Gasteiger partial charge is 0.481 e. The molecule has 0 saturated heterocycles. The van der Waals surface area contributed by atoms with Crippen molar-refractivity contribution in [3.05, 3.63) is 35.1 Å². The molecule has 0 radical (unpaired) electrons. The van der Waals surface area contributed by atoms with Crippen LogP contribution in [-0.2, 0) is 6.42 Å². The minimum Gasteiger partial charge on any atom is -0.481 e. The van der Waals surface area contributed by atoms with E-state index in [9.17, 15) is 0 Å². The maximum absolute atomic E-state index is 6.00. The molecular formula is C13H14ClN3O. The van der Waals surface area contributed by atoms with E-state index < -0.39 is 0 Å². The summed E-state index contributed by atoms with van der Waals surface area (Å²) >= 11 is 6.00. The van der Waals surface area contributed by atoms with Crippen LogP contribution in [0.1, 0.15) is 19.0 Å². The Balaban J connectivity index is 2.42. The van der Waals surface area contributed by atoms with Crippen molar-refractivity contribution in [3.8, 4) is 17.4 Å². The number of halogens is 1. The number of rotatable bonds is 4. The van der Waals surface area contributed by atoms with Gasteiger partial charge in [0, 0.05) is 11.8 Å². The Labute approximate surface area is 111 Å². The third-order valence-electron chi connectivity index (χ3n) is 2.42. The Morgan fingerprint density at radius 1 is 1.22 bits per heavy atom. The predicted octanol–water partition coefficient (Wildman–Crippen LogP) is 3.15. The molecule has 94 valence electrons. The molecule has 0 saturated carbocycles. The fraction of sp³-hybridized carbons (Fsp3) is 0.308. The molecule has 18 heavy (non-hydrogen) atoms. The Bertz CT molecular complexity index is 546. The molecule has 0 aliphatic carbocycles. The molecule has 0 bridgehead atoms. The molecule has 0 unspecified atom stereocenters. The molecule has 5 heteroatoms. The zero-order chi connectivity index (χ0) is 13.0. The highest BCUT2D eigenvalue weighted by Gasteiger charge is 2.07. The van der Waals surface area contributed by atoms with Gasteiger partial charge in [-0.1, -0.05) is 31.0 Å². The standard InChI is InChI=1S/C13H14ClN3O/c1-3-5-9-8-11(14)17-13(15-9)10-6-4-7-12(16-10)18-2/h4,6-8H,3,5H2,1-2H3. The summed E-state index contributed by atoms with van der Waals surface area (Å²) in [6.07, 6.45) is 1.89. The number of aromatic nitrogens is 3. The van der Waals surface area contributed by atoms with Gasteiger partial charge in [-0.3, -0.25) is 0 Å². The second kappa shape index (κ2) is 5.78. The number of hydrogen-bond acceptors (Lipinski definition) is 4. The lowest BCUT2D eigenvalue weighted by atomic mass is 10.2. The first kappa shape index (κ1) is 12.8. The van der Waals surface area contributed by atoms with Crippen LogP contribution < -0.4 is 4.74 Å². The highest BCUT2D eigenvalue weighted by atomic mass is 35.5. The quantitative estimate of drug-likeness (QED) is 0.795. The summed E-state index contributed by atoms with van der Waals surface area (Å²) in [5.41, 5.74) is 1.59. The van der Waals surface area contributed by atoms with Gasteiger partial charge in [-0.05, 0) is 18.6 Å². The van der Waals surface area contributed by atoms with E-state index in [1.165, 1.54) is 0 Å². The Hall–Kier alpha value is -1.68. The number of pyridine rings is 1. The van der Waals surface area contributed by atoms with Crippen molar-refractivity contribution in [2.24, 2.45) is 0 Å². The topological polar surface area (TPSA) is 47.9 Å². The molecule has 2 aromatic heterocycles. The van der Waals surface area contributed by atoms with Crippen LogP contribution in [0.25, 0.3) is 11.5 Å². The number of hydrogen-bond donors (Lipinski definition) is 0. The van der Waals surface area contributed by atoms with Gasteiger partial charge in [0.15, 0.2) is 5.82 Å². The van der Waals surface area contributed by atoms with E-state index in [-0.39, 0.29) is 0 Å². The minimum absolute atomic E-state index is 0.438. The minimum atomic E-state index is 0.438. The lowest BCUT2D eigenvalue weighted by molar-refractivity contribution is 0.398. The van der Waals surface area contributed by atoms with Gasteiger partial charge in [-0.2, -0.15) is 0 Å². The Morgan fingerprint density at radius 3 is 2.78 bits per heavy atom. The van der Waals surface area contributed by atoms with Crippen LogP contribution in [-0.4, -0.2) is 22.1 Å². The fourth-order valence-corrected chi connectivity index (χ4v) is 1.82. The molecule has 0 aliphatic heterocycles. The van der Waals surface area contributed by atoms with Gasteiger partial charge in [0.1, 0.15) is 10.8 Å². The summed E-state index contributed by atoms with van der Waals surface area (Å²) in [6.45, 7) is 2.10. The van der Waals surface area contributed by atoms with Gasteiger partial charge >= 0.3 is 0 Å². The van der Waals surface area contributed by atoms with Crippen molar-refractivity contribution in [1.82, 2.24) is 15.0 Å². The highest BCUT2D eigenvalue weighted by Crippen LogP contribution is 2.19. The van der Waals surface area contributed by atoms with Gasteiger partial charge < -0.3 is 4.74 Å². The molecule has 0 atom stereocenters. The normalized spacial score (nSPS) is 10.4. The third-order valence-corrected chi connectivity index (χ3v) is 2.61. The monoisotopic (exact) mass is 263 g/mol. The summed E-state index contributed by atoms with van der Waals surface area (Å²) in [5.74, 6) is 1.07. The van der Waals surface area contributed by atoms with Gasteiger partial charge in [0.2, 0.25) is 5.88 Å². The first-order valence-electron chi connectivity index (χ1n) is 5.78. The van der Waals surface area contributed by atoms with E-state index in [2.05, 4.69) is 21.9 Å². The summed E-state index contributed by atoms with van der Waals surface area (Å²) in [6, 6.07) is 7.25. The van der Waals surface area contributed by atoms with Crippen molar-refractivity contribution in [2.45, 2.75) is 19.8 Å². The third kappa shape index (κ3) is 2.96. The molecule has 2 rings (SSSR count). The zero-order valence-electron chi connectivity index (χ0n) is 10.4. The second-order valence-electron chi connectivity index (χ2n) is 3.82. The molecule has 0 aromatic carbocycles. The van der Waals surface area contributed by atoms with Gasteiger partial charge in [0.05, 0.1) is 7.11 Å². The summed E-state index contributed by atoms with van der Waals surface area (Å²) in [7, 11) is 1.58. The van der Waals surface area contributed by atoms with Crippen LogP contribution in [0.5, 0.6) is 5.88 Å². The lowest BCUT2D eigenvalue weighted by Crippen LogP contribution is -1.98. The van der Waals surface area contributed by atoms with Crippen LogP contribution in [0.3, 0.4) is 0 Å².